The van der Waals surface area contributed by atoms with Crippen molar-refractivity contribution in [2.75, 3.05) is 4.72 Å². The molecule has 0 fully saturated rings. The lowest BCUT2D eigenvalue weighted by Crippen LogP contribution is -2.12. The van der Waals surface area contributed by atoms with Crippen LogP contribution in [0.3, 0.4) is 0 Å². The summed E-state index contributed by atoms with van der Waals surface area (Å²) in [7, 11) is -3.69. The first-order valence-corrected chi connectivity index (χ1v) is 10.0. The minimum atomic E-state index is -3.69. The second-order valence-corrected chi connectivity index (χ2v) is 7.98. The number of nitrogens with zero attached hydrogens (tertiary/aromatic N) is 3. The van der Waals surface area contributed by atoms with Gasteiger partial charge in [0.1, 0.15) is 12.2 Å². The second-order valence-electron chi connectivity index (χ2n) is 6.29. The van der Waals surface area contributed by atoms with Gasteiger partial charge in [-0.3, -0.25) is 4.72 Å². The van der Waals surface area contributed by atoms with E-state index in [9.17, 15) is 18.8 Å². The molecule has 1 aromatic heterocycles. The van der Waals surface area contributed by atoms with Gasteiger partial charge in [-0.05, 0) is 42.5 Å². The monoisotopic (exact) mass is 408 g/mol. The van der Waals surface area contributed by atoms with Crippen LogP contribution in [0.25, 0.3) is 22.4 Å². The topological polar surface area (TPSA) is 110 Å². The fourth-order valence-electron chi connectivity index (χ4n) is 2.89. The lowest BCUT2D eigenvalue weighted by molar-refractivity contribution is -0.349. The van der Waals surface area contributed by atoms with Crippen molar-refractivity contribution in [3.05, 3.63) is 78.0 Å². The molecular weight excluding hydrogens is 392 g/mol. The van der Waals surface area contributed by atoms with E-state index >= 15 is 0 Å². The molecule has 0 bridgehead atoms. The Kier molecular flexibility index (Phi) is 4.44. The van der Waals surface area contributed by atoms with Crippen molar-refractivity contribution in [2.45, 2.75) is 4.90 Å². The largest absolute Gasteiger partial charge is 0.619 e. The van der Waals surface area contributed by atoms with E-state index in [1.165, 1.54) is 18.2 Å². The Balaban J connectivity index is 1.64. The zero-order valence-corrected chi connectivity index (χ0v) is 15.9. The number of sulfonamides is 1. The molecule has 0 aliphatic rings. The highest BCUT2D eigenvalue weighted by atomic mass is 32.2. The van der Waals surface area contributed by atoms with Crippen LogP contribution >= 0.6 is 0 Å². The van der Waals surface area contributed by atoms with Crippen molar-refractivity contribution in [2.24, 2.45) is 0 Å². The molecule has 0 spiro atoms. The number of anilines is 1. The molecule has 0 aliphatic carbocycles. The molecule has 146 valence electrons. The molecular formula is C20H16N4O4S. The van der Waals surface area contributed by atoms with Gasteiger partial charge in [-0.25, -0.2) is 13.4 Å². The number of aromatic nitrogens is 2. The average molecular weight is 408 g/mol. The normalized spacial score (nSPS) is 11.4. The van der Waals surface area contributed by atoms with Crippen LogP contribution in [0.4, 0.5) is 11.4 Å². The molecule has 3 aromatic carbocycles. The first-order chi connectivity index (χ1) is 13.8. The third-order valence-electron chi connectivity index (χ3n) is 4.35. The number of fused-ring (bicyclic) bond motifs is 1. The molecule has 0 amide bonds. The smallest absolute Gasteiger partial charge is 0.261 e. The Hall–Kier alpha value is -3.85. The van der Waals surface area contributed by atoms with E-state index in [2.05, 4.69) is 16.4 Å². The molecule has 0 aliphatic heterocycles. The van der Waals surface area contributed by atoms with Crippen LogP contribution in [0.1, 0.15) is 0 Å². The highest BCUT2D eigenvalue weighted by Gasteiger charge is 2.16. The summed E-state index contributed by atoms with van der Waals surface area (Å²) < 4.78 is 28.7. The van der Waals surface area contributed by atoms with Crippen molar-refractivity contribution in [3.8, 4) is 11.4 Å². The first kappa shape index (κ1) is 18.5. The van der Waals surface area contributed by atoms with Gasteiger partial charge in [0.15, 0.2) is 5.82 Å². The number of hydrogen-bond donors (Lipinski definition) is 2. The van der Waals surface area contributed by atoms with Gasteiger partial charge in [-0.2, -0.15) is 9.47 Å². The summed E-state index contributed by atoms with van der Waals surface area (Å²) in [6, 6.07) is 19.1. The highest BCUT2D eigenvalue weighted by molar-refractivity contribution is 7.92. The Morgan fingerprint density at radius 3 is 2.38 bits per heavy atom. The summed E-state index contributed by atoms with van der Waals surface area (Å²) in [5.41, 5.74) is 2.09. The van der Waals surface area contributed by atoms with Crippen LogP contribution in [0.2, 0.25) is 0 Å². The molecule has 0 atom stereocenters. The number of benzene rings is 3. The molecule has 4 aromatic rings. The Labute approximate surface area is 166 Å². The van der Waals surface area contributed by atoms with E-state index in [4.69, 9.17) is 0 Å². The lowest BCUT2D eigenvalue weighted by Gasteiger charge is -2.08. The highest BCUT2D eigenvalue weighted by Crippen LogP contribution is 2.27. The van der Waals surface area contributed by atoms with Gasteiger partial charge in [0, 0.05) is 23.4 Å². The number of rotatable bonds is 5. The average Bonchev–Trinajstić information content (AvgIpc) is 3.05. The summed E-state index contributed by atoms with van der Waals surface area (Å²) in [6.45, 7) is 3.28. The van der Waals surface area contributed by atoms with E-state index in [0.717, 1.165) is 4.73 Å². The van der Waals surface area contributed by atoms with Gasteiger partial charge < -0.3 is 10.4 Å². The fraction of sp³-hybridized carbons (Fsp3) is 0. The minimum Gasteiger partial charge on any atom is -0.619 e. The molecule has 0 unspecified atom stereocenters. The Bertz CT molecular complexity index is 1310. The first-order valence-electron chi connectivity index (χ1n) is 8.53. The van der Waals surface area contributed by atoms with Gasteiger partial charge in [-0.1, -0.05) is 18.2 Å². The maximum Gasteiger partial charge on any atom is 0.261 e. The summed E-state index contributed by atoms with van der Waals surface area (Å²) in [4.78, 5) is 4.53. The van der Waals surface area contributed by atoms with Crippen LogP contribution in [0.15, 0.2) is 77.7 Å². The SMILES string of the molecule is C=[N+]([O-])c1ccc2nc(-c3ccc(NS(=O)(=O)c4ccccc4)cc3)n(O)c2c1. The number of hydrogen-bond acceptors (Lipinski definition) is 5. The van der Waals surface area contributed by atoms with Gasteiger partial charge >= 0.3 is 0 Å². The quantitative estimate of drug-likeness (QED) is 0.172. The molecule has 9 heteroatoms. The maximum atomic E-state index is 12.4. The van der Waals surface area contributed by atoms with Crippen LogP contribution < -0.4 is 4.72 Å². The molecule has 1 heterocycles. The van der Waals surface area contributed by atoms with E-state index in [0.29, 0.717) is 27.0 Å². The van der Waals surface area contributed by atoms with Crippen LogP contribution in [-0.4, -0.2) is 34.8 Å². The van der Waals surface area contributed by atoms with Crippen molar-refractivity contribution in [1.29, 1.82) is 0 Å². The zero-order chi connectivity index (χ0) is 20.6. The fourth-order valence-corrected chi connectivity index (χ4v) is 3.97. The predicted molar refractivity (Wildman–Crippen MR) is 110 cm³/mol. The third-order valence-corrected chi connectivity index (χ3v) is 5.75. The van der Waals surface area contributed by atoms with E-state index in [1.807, 2.05) is 0 Å². The molecule has 0 radical (unpaired) electrons. The molecule has 29 heavy (non-hydrogen) atoms. The van der Waals surface area contributed by atoms with Crippen molar-refractivity contribution in [1.82, 2.24) is 9.71 Å². The number of nitrogens with one attached hydrogen (secondary N) is 1. The summed E-state index contributed by atoms with van der Waals surface area (Å²) in [6.07, 6.45) is 0. The predicted octanol–water partition coefficient (Wildman–Crippen LogP) is 3.58. The maximum absolute atomic E-state index is 12.4. The molecule has 0 saturated carbocycles. The lowest BCUT2D eigenvalue weighted by atomic mass is 10.2. The summed E-state index contributed by atoms with van der Waals surface area (Å²) in [5, 5.41) is 21.8. The van der Waals surface area contributed by atoms with Gasteiger partial charge in [0.05, 0.1) is 10.4 Å². The Morgan fingerprint density at radius 2 is 1.72 bits per heavy atom. The van der Waals surface area contributed by atoms with Gasteiger partial charge in [0.2, 0.25) is 5.69 Å². The summed E-state index contributed by atoms with van der Waals surface area (Å²) >= 11 is 0. The molecule has 0 saturated heterocycles. The van der Waals surface area contributed by atoms with Gasteiger partial charge in [-0.15, -0.1) is 0 Å². The second kappa shape index (κ2) is 6.95. The zero-order valence-electron chi connectivity index (χ0n) is 15.1. The van der Waals surface area contributed by atoms with E-state index in [-0.39, 0.29) is 16.4 Å². The van der Waals surface area contributed by atoms with Crippen LogP contribution in [0, 0.1) is 5.21 Å². The Morgan fingerprint density at radius 1 is 1.03 bits per heavy atom. The number of imidazole rings is 1. The van der Waals surface area contributed by atoms with Crippen molar-refractivity contribution >= 4 is 39.1 Å². The van der Waals surface area contributed by atoms with E-state index < -0.39 is 10.0 Å². The van der Waals surface area contributed by atoms with Crippen LogP contribution in [0.5, 0.6) is 0 Å². The molecule has 8 nitrogen and oxygen atoms in total. The van der Waals surface area contributed by atoms with Gasteiger partial charge in [0.25, 0.3) is 10.0 Å². The van der Waals surface area contributed by atoms with Crippen LogP contribution in [-0.2, 0) is 10.0 Å². The molecule has 4 rings (SSSR count). The molecule has 2 N–H and O–H groups in total. The standard InChI is InChI=1S/C20H16N4O4S/c1-23(25)16-11-12-18-19(13-16)24(26)20(21-18)14-7-9-15(10-8-14)22-29(27,28)17-5-3-2-4-6-17/h2-13,22,26H,1H2. The van der Waals surface area contributed by atoms with E-state index in [1.54, 1.807) is 54.6 Å². The van der Waals surface area contributed by atoms with Crippen molar-refractivity contribution in [3.63, 3.8) is 0 Å². The third kappa shape index (κ3) is 3.50. The minimum absolute atomic E-state index is 0.162. The van der Waals surface area contributed by atoms with Crippen molar-refractivity contribution < 1.29 is 18.4 Å². The summed E-state index contributed by atoms with van der Waals surface area (Å²) in [5.74, 6) is 0.260.